The quantitative estimate of drug-likeness (QED) is 0.767. The van der Waals surface area contributed by atoms with Crippen molar-refractivity contribution in [2.75, 3.05) is 25.6 Å². The number of carbonyl (C=O) groups is 2. The molecule has 0 bridgehead atoms. The summed E-state index contributed by atoms with van der Waals surface area (Å²) in [4.78, 5) is 26.7. The Morgan fingerprint density at radius 3 is 2.95 bits per heavy atom. The Hall–Kier alpha value is -2.15. The van der Waals surface area contributed by atoms with E-state index in [9.17, 15) is 14.7 Å². The third kappa shape index (κ3) is 2.65. The van der Waals surface area contributed by atoms with Gasteiger partial charge in [-0.3, -0.25) is 0 Å². The van der Waals surface area contributed by atoms with E-state index in [0.717, 1.165) is 0 Å². The van der Waals surface area contributed by atoms with Crippen LogP contribution in [0, 0.1) is 0 Å². The highest BCUT2D eigenvalue weighted by Crippen LogP contribution is 2.24. The van der Waals surface area contributed by atoms with Gasteiger partial charge in [0.2, 0.25) is 0 Å². The van der Waals surface area contributed by atoms with E-state index >= 15 is 0 Å². The minimum atomic E-state index is -1.19. The number of aliphatic carboxylic acids is 1. The van der Waals surface area contributed by atoms with Crippen molar-refractivity contribution < 1.29 is 24.2 Å². The molecule has 1 aromatic rings. The highest BCUT2D eigenvalue weighted by molar-refractivity contribution is 5.90. The van der Waals surface area contributed by atoms with Crippen molar-refractivity contribution in [1.29, 1.82) is 0 Å². The lowest BCUT2D eigenvalue weighted by atomic mass is 9.99. The van der Waals surface area contributed by atoms with Gasteiger partial charge in [0.15, 0.2) is 5.54 Å². The molecule has 0 spiro atoms. The lowest BCUT2D eigenvalue weighted by Crippen LogP contribution is -2.47. The molecule has 0 radical (unpaired) electrons. The Kier molecular flexibility index (Phi) is 3.66. The molecule has 102 valence electrons. The van der Waals surface area contributed by atoms with Gasteiger partial charge < -0.3 is 19.9 Å². The predicted octanol–water partition coefficient (Wildman–Crippen LogP) is 0.524. The first-order valence-corrected chi connectivity index (χ1v) is 5.71. The van der Waals surface area contributed by atoms with Crippen molar-refractivity contribution in [1.82, 2.24) is 4.98 Å². The van der Waals surface area contributed by atoms with Crippen molar-refractivity contribution in [3.8, 4) is 0 Å². The number of aromatic nitrogens is 1. The van der Waals surface area contributed by atoms with Gasteiger partial charge in [-0.15, -0.1) is 0 Å². The number of nitrogens with zero attached hydrogens (tertiary/aromatic N) is 1. The second-order valence-corrected chi connectivity index (χ2v) is 4.24. The fraction of sp³-hybridized carbons (Fsp3) is 0.417. The van der Waals surface area contributed by atoms with E-state index in [1.807, 2.05) is 0 Å². The van der Waals surface area contributed by atoms with E-state index in [0.29, 0.717) is 24.4 Å². The molecular formula is C12H14N2O5. The number of hydrogen-bond acceptors (Lipinski definition) is 6. The van der Waals surface area contributed by atoms with E-state index in [-0.39, 0.29) is 6.61 Å². The number of carboxylic acid groups (broad SMARTS) is 1. The molecule has 1 atom stereocenters. The summed E-state index contributed by atoms with van der Waals surface area (Å²) in [5.41, 5.74) is -0.888. The van der Waals surface area contributed by atoms with Gasteiger partial charge in [-0.2, -0.15) is 0 Å². The number of ether oxygens (including phenoxy) is 2. The van der Waals surface area contributed by atoms with Crippen LogP contribution in [0.4, 0.5) is 5.82 Å². The lowest BCUT2D eigenvalue weighted by molar-refractivity contribution is -0.142. The highest BCUT2D eigenvalue weighted by Gasteiger charge is 2.43. The van der Waals surface area contributed by atoms with E-state index in [1.165, 1.54) is 25.4 Å². The third-order valence-corrected chi connectivity index (χ3v) is 2.98. The number of rotatable bonds is 4. The van der Waals surface area contributed by atoms with Crippen molar-refractivity contribution in [3.05, 3.63) is 23.9 Å². The van der Waals surface area contributed by atoms with Crippen LogP contribution in [0.25, 0.3) is 0 Å². The van der Waals surface area contributed by atoms with Gasteiger partial charge in [0.05, 0.1) is 19.3 Å². The molecule has 1 aliphatic heterocycles. The van der Waals surface area contributed by atoms with Crippen molar-refractivity contribution >= 4 is 17.8 Å². The monoisotopic (exact) mass is 266 g/mol. The molecule has 2 rings (SSSR count). The molecule has 7 nitrogen and oxygen atoms in total. The van der Waals surface area contributed by atoms with Gasteiger partial charge in [-0.25, -0.2) is 14.6 Å². The smallest absolute Gasteiger partial charge is 0.338 e. The normalized spacial score (nSPS) is 21.9. The van der Waals surface area contributed by atoms with Gasteiger partial charge >= 0.3 is 11.9 Å². The summed E-state index contributed by atoms with van der Waals surface area (Å²) in [6.07, 6.45) is 1.76. The summed E-state index contributed by atoms with van der Waals surface area (Å²) in [6.45, 7) is 0.433. The standard InChI is InChI=1S/C12H14N2O5/c1-18-10(15)8-2-4-13-9(6-8)14-12(11(16)17)3-5-19-7-12/h2,4,6H,3,5,7H2,1H3,(H,13,14)(H,16,17). The zero-order valence-electron chi connectivity index (χ0n) is 10.4. The van der Waals surface area contributed by atoms with Crippen LogP contribution in [0.2, 0.25) is 0 Å². The predicted molar refractivity (Wildman–Crippen MR) is 65.0 cm³/mol. The van der Waals surface area contributed by atoms with E-state index in [1.54, 1.807) is 0 Å². The average molecular weight is 266 g/mol. The number of nitrogens with one attached hydrogen (secondary N) is 1. The molecule has 19 heavy (non-hydrogen) atoms. The summed E-state index contributed by atoms with van der Waals surface area (Å²) in [5.74, 6) is -1.21. The van der Waals surface area contributed by atoms with Gasteiger partial charge in [-0.05, 0) is 12.1 Å². The van der Waals surface area contributed by atoms with E-state index in [2.05, 4.69) is 15.0 Å². The Labute approximate surface area is 109 Å². The molecule has 1 aliphatic rings. The number of carboxylic acids is 1. The van der Waals surface area contributed by atoms with Crippen LogP contribution in [0.3, 0.4) is 0 Å². The zero-order chi connectivity index (χ0) is 13.9. The van der Waals surface area contributed by atoms with Crippen molar-refractivity contribution in [3.63, 3.8) is 0 Å². The van der Waals surface area contributed by atoms with Gasteiger partial charge in [0.25, 0.3) is 0 Å². The van der Waals surface area contributed by atoms with Crippen LogP contribution < -0.4 is 5.32 Å². The molecule has 0 saturated carbocycles. The molecule has 2 heterocycles. The molecule has 0 amide bonds. The Morgan fingerprint density at radius 1 is 1.58 bits per heavy atom. The molecule has 7 heteroatoms. The first kappa shape index (κ1) is 13.3. The van der Waals surface area contributed by atoms with Crippen LogP contribution >= 0.6 is 0 Å². The molecule has 0 aromatic carbocycles. The summed E-state index contributed by atoms with van der Waals surface area (Å²) in [5, 5.41) is 12.1. The number of esters is 1. The fourth-order valence-electron chi connectivity index (χ4n) is 1.87. The van der Waals surface area contributed by atoms with E-state index in [4.69, 9.17) is 4.74 Å². The molecule has 1 saturated heterocycles. The maximum absolute atomic E-state index is 11.4. The summed E-state index contributed by atoms with van der Waals surface area (Å²) in [6, 6.07) is 2.95. The summed E-state index contributed by atoms with van der Waals surface area (Å²) in [7, 11) is 1.28. The summed E-state index contributed by atoms with van der Waals surface area (Å²) >= 11 is 0. The minimum Gasteiger partial charge on any atom is -0.479 e. The van der Waals surface area contributed by atoms with Crippen LogP contribution in [-0.4, -0.2) is 47.9 Å². The number of pyridine rings is 1. The largest absolute Gasteiger partial charge is 0.479 e. The molecule has 0 aliphatic carbocycles. The molecule has 2 N–H and O–H groups in total. The van der Waals surface area contributed by atoms with Crippen LogP contribution in [0.1, 0.15) is 16.8 Å². The molecule has 1 unspecified atom stereocenters. The number of methoxy groups -OCH3 is 1. The Morgan fingerprint density at radius 2 is 2.37 bits per heavy atom. The van der Waals surface area contributed by atoms with Gasteiger partial charge in [0.1, 0.15) is 5.82 Å². The molecular weight excluding hydrogens is 252 g/mol. The second kappa shape index (κ2) is 5.23. The zero-order valence-corrected chi connectivity index (χ0v) is 10.4. The minimum absolute atomic E-state index is 0.0620. The fourth-order valence-corrected chi connectivity index (χ4v) is 1.87. The van der Waals surface area contributed by atoms with Crippen LogP contribution in [0.5, 0.6) is 0 Å². The molecule has 1 fully saturated rings. The maximum Gasteiger partial charge on any atom is 0.338 e. The lowest BCUT2D eigenvalue weighted by Gasteiger charge is -2.24. The number of anilines is 1. The van der Waals surface area contributed by atoms with Gasteiger partial charge in [-0.1, -0.05) is 0 Å². The number of hydrogen-bond donors (Lipinski definition) is 2. The van der Waals surface area contributed by atoms with Crippen molar-refractivity contribution in [2.24, 2.45) is 0 Å². The van der Waals surface area contributed by atoms with E-state index < -0.39 is 17.5 Å². The van der Waals surface area contributed by atoms with Gasteiger partial charge in [0, 0.05) is 19.2 Å². The molecule has 1 aromatic heterocycles. The highest BCUT2D eigenvalue weighted by atomic mass is 16.5. The SMILES string of the molecule is COC(=O)c1ccnc(NC2(C(=O)O)CCOC2)c1. The number of carbonyl (C=O) groups excluding carboxylic acids is 1. The first-order chi connectivity index (χ1) is 9.07. The summed E-state index contributed by atoms with van der Waals surface area (Å²) < 4.78 is 9.73. The second-order valence-electron chi connectivity index (χ2n) is 4.24. The van der Waals surface area contributed by atoms with Crippen molar-refractivity contribution in [2.45, 2.75) is 12.0 Å². The Bertz CT molecular complexity index is 497. The maximum atomic E-state index is 11.4. The van der Waals surface area contributed by atoms with Crippen LogP contribution in [-0.2, 0) is 14.3 Å². The average Bonchev–Trinajstić information content (AvgIpc) is 2.88. The first-order valence-electron chi connectivity index (χ1n) is 5.71. The Balaban J connectivity index is 2.23. The topological polar surface area (TPSA) is 97.8 Å². The third-order valence-electron chi connectivity index (χ3n) is 2.98. The van der Waals surface area contributed by atoms with Crippen LogP contribution in [0.15, 0.2) is 18.3 Å².